The van der Waals surface area contributed by atoms with Gasteiger partial charge in [0.25, 0.3) is 5.56 Å². The highest BCUT2D eigenvalue weighted by Gasteiger charge is 2.20. The number of fused-ring (bicyclic) bond motifs is 1. The molecule has 0 fully saturated rings. The van der Waals surface area contributed by atoms with Gasteiger partial charge in [-0.25, -0.2) is 14.3 Å². The second-order valence-corrected chi connectivity index (χ2v) is 8.13. The molecule has 0 aliphatic carbocycles. The molecule has 2 aromatic carbocycles. The van der Waals surface area contributed by atoms with Crippen LogP contribution < -0.4 is 16.6 Å². The zero-order chi connectivity index (χ0) is 24.2. The van der Waals surface area contributed by atoms with Crippen molar-refractivity contribution < 1.29 is 9.21 Å². The molecule has 0 saturated heterocycles. The van der Waals surface area contributed by atoms with Crippen molar-refractivity contribution in [3.8, 4) is 0 Å². The Hall–Kier alpha value is -4.66. The second-order valence-electron chi connectivity index (χ2n) is 8.13. The normalized spacial score (nSPS) is 11.1. The Morgan fingerprint density at radius 1 is 0.857 bits per heavy atom. The van der Waals surface area contributed by atoms with E-state index in [0.717, 1.165) is 15.7 Å². The molecule has 35 heavy (non-hydrogen) atoms. The summed E-state index contributed by atoms with van der Waals surface area (Å²) in [5.74, 6) is 0.101. The predicted octanol–water partition coefficient (Wildman–Crippen LogP) is 2.37. The first-order chi connectivity index (χ1) is 17.1. The zero-order valence-electron chi connectivity index (χ0n) is 18.8. The molecule has 0 unspecified atom stereocenters. The maximum Gasteiger partial charge on any atom is 0.333 e. The van der Waals surface area contributed by atoms with Crippen molar-refractivity contribution >= 4 is 17.1 Å². The third-order valence-electron chi connectivity index (χ3n) is 5.70. The van der Waals surface area contributed by atoms with Crippen molar-refractivity contribution in [3.05, 3.63) is 123 Å². The van der Waals surface area contributed by atoms with E-state index >= 15 is 0 Å². The van der Waals surface area contributed by atoms with E-state index in [1.807, 2.05) is 60.7 Å². The number of furan rings is 1. The van der Waals surface area contributed by atoms with Gasteiger partial charge in [0, 0.05) is 6.54 Å². The fourth-order valence-electron chi connectivity index (χ4n) is 3.99. The molecule has 0 atom stereocenters. The maximum absolute atomic E-state index is 13.5. The van der Waals surface area contributed by atoms with Crippen molar-refractivity contribution in [1.82, 2.24) is 24.0 Å². The molecule has 5 rings (SSSR count). The number of carbonyl (C=O) groups excluding carboxylic acids is 1. The number of imidazole rings is 1. The molecule has 3 heterocycles. The summed E-state index contributed by atoms with van der Waals surface area (Å²) in [6.45, 7) is 0.361. The van der Waals surface area contributed by atoms with E-state index in [0.29, 0.717) is 12.3 Å². The Morgan fingerprint density at radius 2 is 1.54 bits per heavy atom. The highest BCUT2D eigenvalue weighted by molar-refractivity contribution is 5.76. The molecule has 3 aromatic heterocycles. The molecule has 1 amide bonds. The monoisotopic (exact) mass is 469 g/mol. The van der Waals surface area contributed by atoms with E-state index in [1.54, 1.807) is 23.0 Å². The van der Waals surface area contributed by atoms with E-state index in [9.17, 15) is 14.4 Å². The number of aromatic nitrogens is 4. The minimum Gasteiger partial charge on any atom is -0.467 e. The van der Waals surface area contributed by atoms with Crippen LogP contribution in [0.4, 0.5) is 0 Å². The van der Waals surface area contributed by atoms with Gasteiger partial charge in [-0.15, -0.1) is 0 Å². The third-order valence-corrected chi connectivity index (χ3v) is 5.70. The largest absolute Gasteiger partial charge is 0.467 e. The quantitative estimate of drug-likeness (QED) is 0.376. The topological polar surface area (TPSA) is 104 Å². The van der Waals surface area contributed by atoms with Gasteiger partial charge in [0.1, 0.15) is 12.3 Å². The van der Waals surface area contributed by atoms with Crippen LogP contribution in [0.3, 0.4) is 0 Å². The molecular formula is C26H23N5O4. The van der Waals surface area contributed by atoms with Crippen LogP contribution in [0, 0.1) is 0 Å². The van der Waals surface area contributed by atoms with Crippen molar-refractivity contribution in [2.24, 2.45) is 0 Å². The summed E-state index contributed by atoms with van der Waals surface area (Å²) in [4.78, 5) is 44.0. The number of carbonyl (C=O) groups is 1. The smallest absolute Gasteiger partial charge is 0.333 e. The van der Waals surface area contributed by atoms with Crippen molar-refractivity contribution in [2.75, 3.05) is 0 Å². The average Bonchev–Trinajstić information content (AvgIpc) is 3.55. The highest BCUT2D eigenvalue weighted by Crippen LogP contribution is 2.12. The molecule has 0 spiro atoms. The lowest BCUT2D eigenvalue weighted by molar-refractivity contribution is -0.122. The van der Waals surface area contributed by atoms with Gasteiger partial charge in [-0.1, -0.05) is 60.7 Å². The second kappa shape index (κ2) is 9.68. The van der Waals surface area contributed by atoms with Crippen LogP contribution in [-0.2, 0) is 31.0 Å². The summed E-state index contributed by atoms with van der Waals surface area (Å²) >= 11 is 0. The molecule has 1 N–H and O–H groups in total. The fourth-order valence-corrected chi connectivity index (χ4v) is 3.99. The molecule has 0 saturated carbocycles. The van der Waals surface area contributed by atoms with E-state index in [4.69, 9.17) is 4.42 Å². The summed E-state index contributed by atoms with van der Waals surface area (Å²) in [5, 5.41) is 2.69. The molecule has 0 bridgehead atoms. The molecule has 0 aliphatic rings. The number of hydrogen-bond acceptors (Lipinski definition) is 5. The first kappa shape index (κ1) is 22.1. The van der Waals surface area contributed by atoms with Crippen LogP contribution in [-0.4, -0.2) is 24.6 Å². The van der Waals surface area contributed by atoms with Gasteiger partial charge in [0.05, 0.1) is 25.7 Å². The number of nitrogens with zero attached hydrogens (tertiary/aromatic N) is 4. The van der Waals surface area contributed by atoms with Crippen LogP contribution in [0.5, 0.6) is 0 Å². The lowest BCUT2D eigenvalue weighted by Crippen LogP contribution is -2.44. The van der Waals surface area contributed by atoms with Gasteiger partial charge in [-0.05, 0) is 23.3 Å². The lowest BCUT2D eigenvalue weighted by Gasteiger charge is -2.13. The Labute approximate surface area is 199 Å². The first-order valence-electron chi connectivity index (χ1n) is 11.2. The van der Waals surface area contributed by atoms with Crippen LogP contribution >= 0.6 is 0 Å². The van der Waals surface area contributed by atoms with Gasteiger partial charge in [0.2, 0.25) is 5.91 Å². The molecule has 9 heteroatoms. The van der Waals surface area contributed by atoms with Gasteiger partial charge >= 0.3 is 5.69 Å². The molecule has 5 aromatic rings. The van der Waals surface area contributed by atoms with E-state index in [2.05, 4.69) is 10.3 Å². The van der Waals surface area contributed by atoms with Crippen molar-refractivity contribution in [2.45, 2.75) is 26.2 Å². The predicted molar refractivity (Wildman–Crippen MR) is 130 cm³/mol. The first-order valence-corrected chi connectivity index (χ1v) is 11.2. The summed E-state index contributed by atoms with van der Waals surface area (Å²) < 4.78 is 9.34. The molecule has 0 aliphatic heterocycles. The van der Waals surface area contributed by atoms with Gasteiger partial charge in [-0.2, -0.15) is 0 Å². The van der Waals surface area contributed by atoms with Crippen LogP contribution in [0.2, 0.25) is 0 Å². The molecule has 176 valence electrons. The van der Waals surface area contributed by atoms with Crippen LogP contribution in [0.1, 0.15) is 16.9 Å². The highest BCUT2D eigenvalue weighted by atomic mass is 16.3. The minimum absolute atomic E-state index is 0.160. The van der Waals surface area contributed by atoms with Crippen molar-refractivity contribution in [3.63, 3.8) is 0 Å². The third kappa shape index (κ3) is 4.70. The molecular weight excluding hydrogens is 446 g/mol. The summed E-state index contributed by atoms with van der Waals surface area (Å²) in [5.41, 5.74) is 1.26. The SMILES string of the molecule is O=C(Cn1c(=O)c2c(ncn2Cc2ccccc2)n(Cc2ccccc2)c1=O)NCc1ccco1. The van der Waals surface area contributed by atoms with Gasteiger partial charge in [0.15, 0.2) is 11.2 Å². The number of hydrogen-bond donors (Lipinski definition) is 1. The standard InChI is InChI=1S/C26H23N5O4/c32-22(27-14-21-12-7-13-35-21)17-31-25(33)23-24(28-18-29(23)15-19-8-3-1-4-9-19)30(26(31)34)16-20-10-5-2-6-11-20/h1-13,18H,14-17H2,(H,27,32). The Morgan fingerprint density at radius 3 is 2.20 bits per heavy atom. The average molecular weight is 470 g/mol. The van der Waals surface area contributed by atoms with E-state index < -0.39 is 23.7 Å². The maximum atomic E-state index is 13.5. The Kier molecular flexibility index (Phi) is 6.13. The zero-order valence-corrected chi connectivity index (χ0v) is 18.8. The van der Waals surface area contributed by atoms with Crippen molar-refractivity contribution in [1.29, 1.82) is 0 Å². The number of amides is 1. The van der Waals surface area contributed by atoms with Crippen LogP contribution in [0.25, 0.3) is 11.2 Å². The minimum atomic E-state index is -0.593. The fraction of sp³-hybridized carbons (Fsp3) is 0.154. The van der Waals surface area contributed by atoms with Crippen LogP contribution in [0.15, 0.2) is 99.4 Å². The number of benzene rings is 2. The number of nitrogens with one attached hydrogen (secondary N) is 1. The summed E-state index contributed by atoms with van der Waals surface area (Å²) in [6.07, 6.45) is 3.07. The lowest BCUT2D eigenvalue weighted by atomic mass is 10.2. The Bertz CT molecular complexity index is 1570. The van der Waals surface area contributed by atoms with Gasteiger partial charge < -0.3 is 14.3 Å². The van der Waals surface area contributed by atoms with E-state index in [-0.39, 0.29) is 24.3 Å². The Balaban J connectivity index is 1.56. The summed E-state index contributed by atoms with van der Waals surface area (Å²) in [7, 11) is 0. The molecule has 0 radical (unpaired) electrons. The van der Waals surface area contributed by atoms with E-state index in [1.165, 1.54) is 10.8 Å². The number of rotatable bonds is 8. The van der Waals surface area contributed by atoms with Gasteiger partial charge in [-0.3, -0.25) is 14.2 Å². The molecule has 9 nitrogen and oxygen atoms in total. The summed E-state index contributed by atoms with van der Waals surface area (Å²) in [6, 6.07) is 22.5.